The van der Waals surface area contributed by atoms with E-state index in [9.17, 15) is 40.0 Å². The van der Waals surface area contributed by atoms with Gasteiger partial charge in [0.25, 0.3) is 0 Å². The zero-order chi connectivity index (χ0) is 21.8. The Morgan fingerprint density at radius 1 is 1.19 bits per heavy atom. The summed E-state index contributed by atoms with van der Waals surface area (Å²) >= 11 is 0. The van der Waals surface area contributed by atoms with Crippen LogP contribution in [0, 0.1) is 5.92 Å². The van der Waals surface area contributed by atoms with Crippen molar-refractivity contribution in [3.8, 4) is 0 Å². The van der Waals surface area contributed by atoms with Gasteiger partial charge in [0.1, 0.15) is 6.61 Å². The molecule has 0 aliphatic rings. The van der Waals surface area contributed by atoms with E-state index in [-0.39, 0.29) is 6.54 Å². The third-order valence-corrected chi connectivity index (χ3v) is 3.62. The van der Waals surface area contributed by atoms with Crippen LogP contribution >= 0.6 is 0 Å². The van der Waals surface area contributed by atoms with Crippen LogP contribution in [-0.4, -0.2) is 55.2 Å². The first-order chi connectivity index (χ1) is 11.9. The number of alkyl halides is 5. The van der Waals surface area contributed by atoms with Gasteiger partial charge in [0.15, 0.2) is 0 Å². The zero-order valence-corrected chi connectivity index (χ0v) is 15.2. The summed E-state index contributed by atoms with van der Waals surface area (Å²) in [6, 6.07) is 0. The van der Waals surface area contributed by atoms with Crippen LogP contribution in [0.3, 0.4) is 0 Å². The third kappa shape index (κ3) is 6.39. The quantitative estimate of drug-likeness (QED) is 0.189. The third-order valence-electron chi connectivity index (χ3n) is 2.75. The minimum absolute atomic E-state index is 0.390. The van der Waals surface area contributed by atoms with Gasteiger partial charge in [-0.2, -0.15) is 30.4 Å². The van der Waals surface area contributed by atoms with Crippen LogP contribution in [0.25, 0.3) is 0 Å². The maximum absolute atomic E-state index is 13.5. The van der Waals surface area contributed by atoms with Crippen molar-refractivity contribution >= 4 is 22.0 Å². The Hall–Kier alpha value is -1.80. The molecule has 0 aromatic heterocycles. The van der Waals surface area contributed by atoms with Gasteiger partial charge in [-0.1, -0.05) is 20.4 Å². The molecule has 8 nitrogen and oxygen atoms in total. The number of halogens is 5. The monoisotopic (exact) mass is 427 g/mol. The summed E-state index contributed by atoms with van der Waals surface area (Å²) in [5.74, 6) is -8.99. The minimum Gasteiger partial charge on any atom is -0.412 e. The van der Waals surface area contributed by atoms with Gasteiger partial charge in [0.05, 0.1) is 0 Å². The van der Waals surface area contributed by atoms with Gasteiger partial charge in [-0.25, -0.2) is 4.79 Å². The number of nitrogens with one attached hydrogen (secondary N) is 1. The molecule has 0 aromatic carbocycles. The lowest BCUT2D eigenvalue weighted by Gasteiger charge is -2.34. The molecule has 0 rings (SSSR count). The molecule has 0 heterocycles. The molecule has 0 saturated heterocycles. The van der Waals surface area contributed by atoms with E-state index in [4.69, 9.17) is 4.55 Å². The number of hydrogen-bond donors (Lipinski definition) is 2. The highest BCUT2D eigenvalue weighted by Gasteiger charge is 2.67. The standard InChI is InChI=1S/C13H18F5NO7S/c1-7(2)5-19-10(21)12(13(16,17)18,26-9(20)8(3)4)25-6-11(14,15)27(22,23)24/h7H,3,5-6H2,1-2,4H3,(H,19,21)(H,22,23,24). The molecule has 1 unspecified atom stereocenters. The van der Waals surface area contributed by atoms with E-state index in [1.807, 2.05) is 0 Å². The smallest absolute Gasteiger partial charge is 0.412 e. The van der Waals surface area contributed by atoms with E-state index < -0.39 is 57.3 Å². The van der Waals surface area contributed by atoms with Crippen LogP contribution in [0.2, 0.25) is 0 Å². The van der Waals surface area contributed by atoms with Crippen molar-refractivity contribution in [3.63, 3.8) is 0 Å². The van der Waals surface area contributed by atoms with Gasteiger partial charge >= 0.3 is 39.2 Å². The van der Waals surface area contributed by atoms with E-state index in [1.165, 1.54) is 13.8 Å². The van der Waals surface area contributed by atoms with Crippen molar-refractivity contribution in [2.75, 3.05) is 13.2 Å². The fourth-order valence-electron chi connectivity index (χ4n) is 1.30. The van der Waals surface area contributed by atoms with Crippen LogP contribution in [0.15, 0.2) is 12.2 Å². The lowest BCUT2D eigenvalue weighted by Crippen LogP contribution is -2.63. The van der Waals surface area contributed by atoms with Crippen molar-refractivity contribution in [1.82, 2.24) is 5.32 Å². The summed E-state index contributed by atoms with van der Waals surface area (Å²) in [4.78, 5) is 23.6. The van der Waals surface area contributed by atoms with Crippen molar-refractivity contribution in [2.45, 2.75) is 38.0 Å². The molecule has 1 amide bonds. The SMILES string of the molecule is C=C(C)C(=O)OC(OCC(F)(F)S(=O)(=O)O)(C(=O)NCC(C)C)C(F)(F)F. The summed E-state index contributed by atoms with van der Waals surface area (Å²) < 4.78 is 104. The lowest BCUT2D eigenvalue weighted by atomic mass is 10.2. The van der Waals surface area contributed by atoms with Crippen molar-refractivity contribution < 1.29 is 54.0 Å². The number of carbonyl (C=O) groups excluding carboxylic acids is 2. The molecule has 0 aliphatic carbocycles. The van der Waals surface area contributed by atoms with Crippen molar-refractivity contribution in [3.05, 3.63) is 12.2 Å². The van der Waals surface area contributed by atoms with E-state index in [1.54, 1.807) is 5.32 Å². The molecular weight excluding hydrogens is 409 g/mol. The Kier molecular flexibility index (Phi) is 7.91. The molecule has 0 radical (unpaired) electrons. The Labute approximate surface area is 151 Å². The lowest BCUT2D eigenvalue weighted by molar-refractivity contribution is -0.352. The highest BCUT2D eigenvalue weighted by atomic mass is 32.2. The van der Waals surface area contributed by atoms with Gasteiger partial charge in [-0.15, -0.1) is 0 Å². The molecule has 2 N–H and O–H groups in total. The second kappa shape index (κ2) is 8.48. The fraction of sp³-hybridized carbons (Fsp3) is 0.692. The Bertz CT molecular complexity index is 690. The summed E-state index contributed by atoms with van der Waals surface area (Å²) in [6.07, 6.45) is -5.89. The normalized spacial score (nSPS) is 15.2. The Balaban J connectivity index is 6.10. The zero-order valence-electron chi connectivity index (χ0n) is 14.4. The highest BCUT2D eigenvalue weighted by molar-refractivity contribution is 7.86. The van der Waals surface area contributed by atoms with Crippen molar-refractivity contribution in [2.24, 2.45) is 5.92 Å². The molecule has 0 fully saturated rings. The average Bonchev–Trinajstić information content (AvgIpc) is 2.46. The van der Waals surface area contributed by atoms with Crippen LogP contribution in [0.5, 0.6) is 0 Å². The average molecular weight is 427 g/mol. The van der Waals surface area contributed by atoms with Crippen LogP contribution < -0.4 is 5.32 Å². The molecule has 1 atom stereocenters. The molecular formula is C13H18F5NO7S. The number of ether oxygens (including phenoxy) is 2. The van der Waals surface area contributed by atoms with Crippen LogP contribution in [-0.2, 0) is 29.2 Å². The van der Waals surface area contributed by atoms with Gasteiger partial charge in [0.2, 0.25) is 0 Å². The first-order valence-electron chi connectivity index (χ1n) is 7.10. The maximum atomic E-state index is 13.5. The highest BCUT2D eigenvalue weighted by Crippen LogP contribution is 2.38. The maximum Gasteiger partial charge on any atom is 0.466 e. The summed E-state index contributed by atoms with van der Waals surface area (Å²) in [5.41, 5.74) is -0.634. The van der Waals surface area contributed by atoms with Gasteiger partial charge in [0, 0.05) is 12.1 Å². The predicted molar refractivity (Wildman–Crippen MR) is 80.0 cm³/mol. The summed E-state index contributed by atoms with van der Waals surface area (Å²) in [7, 11) is -6.18. The predicted octanol–water partition coefficient (Wildman–Crippen LogP) is 1.63. The van der Waals surface area contributed by atoms with Crippen LogP contribution in [0.4, 0.5) is 22.0 Å². The molecule has 0 saturated carbocycles. The van der Waals surface area contributed by atoms with E-state index in [2.05, 4.69) is 16.1 Å². The number of rotatable bonds is 9. The molecule has 0 spiro atoms. The Morgan fingerprint density at radius 3 is 2.00 bits per heavy atom. The molecule has 0 aliphatic heterocycles. The molecule has 158 valence electrons. The van der Waals surface area contributed by atoms with Gasteiger partial charge in [-0.05, 0) is 12.8 Å². The molecule has 14 heteroatoms. The largest absolute Gasteiger partial charge is 0.466 e. The van der Waals surface area contributed by atoms with Gasteiger partial charge in [-0.3, -0.25) is 9.35 Å². The number of amides is 1. The van der Waals surface area contributed by atoms with Gasteiger partial charge < -0.3 is 14.8 Å². The summed E-state index contributed by atoms with van der Waals surface area (Å²) in [6.45, 7) is 3.85. The van der Waals surface area contributed by atoms with E-state index in [0.29, 0.717) is 0 Å². The fourth-order valence-corrected chi connectivity index (χ4v) is 1.51. The Morgan fingerprint density at radius 2 is 1.67 bits per heavy atom. The topological polar surface area (TPSA) is 119 Å². The van der Waals surface area contributed by atoms with Crippen molar-refractivity contribution in [1.29, 1.82) is 0 Å². The first-order valence-corrected chi connectivity index (χ1v) is 8.54. The summed E-state index contributed by atoms with van der Waals surface area (Å²) in [5, 5.41) is -3.52. The molecule has 0 aromatic rings. The minimum atomic E-state index is -6.18. The van der Waals surface area contributed by atoms with Crippen LogP contribution in [0.1, 0.15) is 20.8 Å². The second-order valence-corrected chi connectivity index (χ2v) is 7.34. The second-order valence-electron chi connectivity index (χ2n) is 5.79. The number of esters is 1. The number of carbonyl (C=O) groups is 2. The number of hydrogen-bond acceptors (Lipinski definition) is 6. The first kappa shape index (κ1) is 25.2. The molecule has 0 bridgehead atoms. The molecule has 27 heavy (non-hydrogen) atoms. The van der Waals surface area contributed by atoms with E-state index in [0.717, 1.165) is 6.92 Å². The van der Waals surface area contributed by atoms with E-state index >= 15 is 0 Å².